The summed E-state index contributed by atoms with van der Waals surface area (Å²) in [5.41, 5.74) is 1.96. The predicted molar refractivity (Wildman–Crippen MR) is 89.5 cm³/mol. The number of fused-ring (bicyclic) bond motifs is 1. The van der Waals surface area contributed by atoms with Crippen LogP contribution in [0.5, 0.6) is 5.75 Å². The van der Waals surface area contributed by atoms with Crippen molar-refractivity contribution >= 4 is 5.82 Å². The summed E-state index contributed by atoms with van der Waals surface area (Å²) in [6.07, 6.45) is 3.54. The van der Waals surface area contributed by atoms with Gasteiger partial charge >= 0.3 is 0 Å². The standard InChI is InChI=1S/C18H18N4O2/c19-11-14-17(22-7-1-2-8-22)20-15(21-18(14)23)10-13-5-3-4-12-6-9-24-16(12)13/h3-5H,1-2,6-10H2,(H,20,21,23). The Hall–Kier alpha value is -2.81. The maximum absolute atomic E-state index is 12.3. The van der Waals surface area contributed by atoms with Crippen LogP contribution >= 0.6 is 0 Å². The van der Waals surface area contributed by atoms with E-state index >= 15 is 0 Å². The number of hydrogen-bond acceptors (Lipinski definition) is 5. The normalized spacial score (nSPS) is 15.9. The van der Waals surface area contributed by atoms with Crippen LogP contribution in [0.2, 0.25) is 0 Å². The van der Waals surface area contributed by atoms with E-state index in [4.69, 9.17) is 4.74 Å². The van der Waals surface area contributed by atoms with E-state index in [1.54, 1.807) is 0 Å². The maximum atomic E-state index is 12.3. The SMILES string of the molecule is N#Cc1c(N2CCCC2)nc(Cc2cccc3c2OCC3)[nH]c1=O. The minimum absolute atomic E-state index is 0.107. The second kappa shape index (κ2) is 6.00. The number of nitriles is 1. The lowest BCUT2D eigenvalue weighted by atomic mass is 10.1. The lowest BCUT2D eigenvalue weighted by Crippen LogP contribution is -2.26. The molecule has 6 heteroatoms. The Kier molecular flexibility index (Phi) is 3.69. The largest absolute Gasteiger partial charge is 0.493 e. The number of nitrogens with one attached hydrogen (secondary N) is 1. The summed E-state index contributed by atoms with van der Waals surface area (Å²) in [5.74, 6) is 2.00. The molecule has 1 aromatic carbocycles. The number of benzene rings is 1. The lowest BCUT2D eigenvalue weighted by Gasteiger charge is -2.18. The lowest BCUT2D eigenvalue weighted by molar-refractivity contribution is 0.354. The van der Waals surface area contributed by atoms with Crippen molar-refractivity contribution in [3.8, 4) is 11.8 Å². The number of para-hydroxylation sites is 1. The molecule has 2 aliphatic rings. The van der Waals surface area contributed by atoms with E-state index in [1.807, 2.05) is 23.1 Å². The second-order valence-electron chi connectivity index (χ2n) is 6.20. The van der Waals surface area contributed by atoms with Gasteiger partial charge < -0.3 is 14.6 Å². The van der Waals surface area contributed by atoms with Crippen LogP contribution in [-0.4, -0.2) is 29.7 Å². The molecule has 0 unspecified atom stereocenters. The molecule has 1 N–H and O–H groups in total. The van der Waals surface area contributed by atoms with Crippen LogP contribution in [0, 0.1) is 11.3 Å². The van der Waals surface area contributed by atoms with E-state index in [9.17, 15) is 10.1 Å². The third-order valence-corrected chi connectivity index (χ3v) is 4.62. The van der Waals surface area contributed by atoms with Gasteiger partial charge in [0.2, 0.25) is 0 Å². The summed E-state index contributed by atoms with van der Waals surface area (Å²) < 4.78 is 5.72. The Labute approximate surface area is 139 Å². The van der Waals surface area contributed by atoms with Crippen LogP contribution in [0.15, 0.2) is 23.0 Å². The minimum atomic E-state index is -0.363. The number of hydrogen-bond donors (Lipinski definition) is 1. The first-order valence-corrected chi connectivity index (χ1v) is 8.28. The number of ether oxygens (including phenoxy) is 1. The molecule has 122 valence electrons. The Morgan fingerprint density at radius 1 is 1.33 bits per heavy atom. The zero-order valence-corrected chi connectivity index (χ0v) is 13.3. The van der Waals surface area contributed by atoms with Crippen molar-refractivity contribution in [1.82, 2.24) is 9.97 Å². The number of anilines is 1. The van der Waals surface area contributed by atoms with Gasteiger partial charge in [-0.3, -0.25) is 4.79 Å². The molecule has 6 nitrogen and oxygen atoms in total. The van der Waals surface area contributed by atoms with Crippen molar-refractivity contribution in [2.45, 2.75) is 25.7 Å². The van der Waals surface area contributed by atoms with Crippen molar-refractivity contribution in [1.29, 1.82) is 5.26 Å². The van der Waals surface area contributed by atoms with E-state index in [-0.39, 0.29) is 11.1 Å². The van der Waals surface area contributed by atoms with Gasteiger partial charge in [0.15, 0.2) is 11.4 Å². The van der Waals surface area contributed by atoms with Crippen LogP contribution < -0.4 is 15.2 Å². The summed E-state index contributed by atoms with van der Waals surface area (Å²) in [6.45, 7) is 2.38. The van der Waals surface area contributed by atoms with E-state index in [0.29, 0.717) is 24.7 Å². The molecular weight excluding hydrogens is 304 g/mol. The fourth-order valence-electron chi connectivity index (χ4n) is 3.45. The van der Waals surface area contributed by atoms with Gasteiger partial charge in [-0.2, -0.15) is 5.26 Å². The highest BCUT2D eigenvalue weighted by Crippen LogP contribution is 2.30. The second-order valence-corrected chi connectivity index (χ2v) is 6.20. The molecule has 0 aliphatic carbocycles. The molecule has 2 aromatic rings. The molecule has 4 rings (SSSR count). The van der Waals surface area contributed by atoms with Gasteiger partial charge in [-0.1, -0.05) is 18.2 Å². The van der Waals surface area contributed by atoms with Crippen molar-refractivity contribution < 1.29 is 4.74 Å². The fourth-order valence-corrected chi connectivity index (χ4v) is 3.45. The Morgan fingerprint density at radius 3 is 2.96 bits per heavy atom. The third kappa shape index (κ3) is 2.52. The molecule has 24 heavy (non-hydrogen) atoms. The first-order chi connectivity index (χ1) is 11.8. The summed E-state index contributed by atoms with van der Waals surface area (Å²) >= 11 is 0. The van der Waals surface area contributed by atoms with Gasteiger partial charge in [0.05, 0.1) is 6.61 Å². The van der Waals surface area contributed by atoms with Gasteiger partial charge in [-0.05, 0) is 18.4 Å². The molecule has 0 saturated carbocycles. The molecule has 0 radical (unpaired) electrons. The van der Waals surface area contributed by atoms with E-state index in [0.717, 1.165) is 43.7 Å². The molecule has 0 spiro atoms. The fraction of sp³-hybridized carbons (Fsp3) is 0.389. The number of H-pyrrole nitrogens is 1. The van der Waals surface area contributed by atoms with E-state index < -0.39 is 0 Å². The topological polar surface area (TPSA) is 82.0 Å². The highest BCUT2D eigenvalue weighted by atomic mass is 16.5. The predicted octanol–water partition coefficient (Wildman–Crippen LogP) is 1.77. The van der Waals surface area contributed by atoms with Crippen molar-refractivity contribution in [2.24, 2.45) is 0 Å². The average Bonchev–Trinajstić information content (AvgIpc) is 3.26. The zero-order valence-electron chi connectivity index (χ0n) is 13.3. The molecule has 1 saturated heterocycles. The summed E-state index contributed by atoms with van der Waals surface area (Å²) in [4.78, 5) is 21.7. The number of rotatable bonds is 3. The maximum Gasteiger partial charge on any atom is 0.271 e. The number of aromatic nitrogens is 2. The van der Waals surface area contributed by atoms with Crippen LogP contribution in [0.4, 0.5) is 5.82 Å². The minimum Gasteiger partial charge on any atom is -0.493 e. The van der Waals surface area contributed by atoms with Crippen molar-refractivity contribution in [3.63, 3.8) is 0 Å². The Morgan fingerprint density at radius 2 is 2.17 bits per heavy atom. The molecule has 1 aromatic heterocycles. The highest BCUT2D eigenvalue weighted by Gasteiger charge is 2.22. The molecule has 2 aliphatic heterocycles. The highest BCUT2D eigenvalue weighted by molar-refractivity contribution is 5.54. The van der Waals surface area contributed by atoms with Gasteiger partial charge in [-0.15, -0.1) is 0 Å². The van der Waals surface area contributed by atoms with Crippen LogP contribution in [0.3, 0.4) is 0 Å². The first kappa shape index (κ1) is 14.8. The van der Waals surface area contributed by atoms with Crippen LogP contribution in [0.1, 0.15) is 35.4 Å². The summed E-state index contributed by atoms with van der Waals surface area (Å²) in [6, 6.07) is 8.07. The average molecular weight is 322 g/mol. The first-order valence-electron chi connectivity index (χ1n) is 8.28. The van der Waals surface area contributed by atoms with Gasteiger partial charge in [0.25, 0.3) is 5.56 Å². The molecule has 1 fully saturated rings. The van der Waals surface area contributed by atoms with Gasteiger partial charge in [0.1, 0.15) is 17.6 Å². The molecule has 3 heterocycles. The van der Waals surface area contributed by atoms with Gasteiger partial charge in [0, 0.05) is 31.5 Å². The molecule has 0 amide bonds. The summed E-state index contributed by atoms with van der Waals surface area (Å²) in [5, 5.41) is 9.31. The Balaban J connectivity index is 1.73. The smallest absolute Gasteiger partial charge is 0.271 e. The van der Waals surface area contributed by atoms with Crippen molar-refractivity contribution in [3.05, 3.63) is 51.1 Å². The Bertz CT molecular complexity index is 876. The zero-order chi connectivity index (χ0) is 16.5. The number of nitrogens with zero attached hydrogens (tertiary/aromatic N) is 3. The summed E-state index contributed by atoms with van der Waals surface area (Å²) in [7, 11) is 0. The molecule has 0 atom stereocenters. The monoisotopic (exact) mass is 322 g/mol. The van der Waals surface area contributed by atoms with Crippen LogP contribution in [-0.2, 0) is 12.8 Å². The van der Waals surface area contributed by atoms with Crippen LogP contribution in [0.25, 0.3) is 0 Å². The van der Waals surface area contributed by atoms with E-state index in [2.05, 4.69) is 16.0 Å². The van der Waals surface area contributed by atoms with Crippen molar-refractivity contribution in [2.75, 3.05) is 24.6 Å². The molecule has 0 bridgehead atoms. The number of aromatic amines is 1. The van der Waals surface area contributed by atoms with E-state index in [1.165, 1.54) is 5.56 Å². The quantitative estimate of drug-likeness (QED) is 0.931. The molecular formula is C18H18N4O2. The van der Waals surface area contributed by atoms with Gasteiger partial charge in [-0.25, -0.2) is 4.98 Å². The third-order valence-electron chi connectivity index (χ3n) is 4.62.